The molecule has 0 atom stereocenters. The third-order valence-corrected chi connectivity index (χ3v) is 6.22. The van der Waals surface area contributed by atoms with Crippen LogP contribution in [0.15, 0.2) is 67.3 Å². The molecule has 0 aliphatic heterocycles. The normalized spacial score (nSPS) is 12.5. The van der Waals surface area contributed by atoms with E-state index in [0.717, 1.165) is 32.3 Å². The lowest BCUT2D eigenvalue weighted by Gasteiger charge is -2.13. The van der Waals surface area contributed by atoms with Crippen LogP contribution in [0.1, 0.15) is 42.7 Å². The molecule has 35 heavy (non-hydrogen) atoms. The molecular weight excluding hydrogens is 442 g/mol. The third kappa shape index (κ3) is 7.24. The SMILES string of the molecule is O=C(NCCCOCCOCCOCCCCC1c2ccccc2-c2ccccc21)n1ccnc1. The molecule has 1 aliphatic rings. The molecule has 186 valence electrons. The van der Waals surface area contributed by atoms with Gasteiger partial charge in [0.15, 0.2) is 0 Å². The Kier molecular flexibility index (Phi) is 9.88. The molecule has 1 heterocycles. The van der Waals surface area contributed by atoms with Crippen LogP contribution < -0.4 is 5.32 Å². The van der Waals surface area contributed by atoms with E-state index in [9.17, 15) is 4.79 Å². The van der Waals surface area contributed by atoms with E-state index in [1.807, 2.05) is 0 Å². The van der Waals surface area contributed by atoms with Crippen molar-refractivity contribution in [3.8, 4) is 11.1 Å². The second-order valence-electron chi connectivity index (χ2n) is 8.62. The highest BCUT2D eigenvalue weighted by atomic mass is 16.5. The molecular formula is C28H35N3O4. The Hall–Kier alpha value is -3.00. The summed E-state index contributed by atoms with van der Waals surface area (Å²) < 4.78 is 18.2. The van der Waals surface area contributed by atoms with E-state index in [1.54, 1.807) is 12.4 Å². The maximum absolute atomic E-state index is 11.7. The molecule has 4 rings (SSSR count). The summed E-state index contributed by atoms with van der Waals surface area (Å²) in [5.41, 5.74) is 5.71. The molecule has 2 aromatic carbocycles. The van der Waals surface area contributed by atoms with Crippen molar-refractivity contribution in [3.05, 3.63) is 78.4 Å². The Bertz CT molecular complexity index is 993. The van der Waals surface area contributed by atoms with Crippen LogP contribution >= 0.6 is 0 Å². The average molecular weight is 478 g/mol. The summed E-state index contributed by atoms with van der Waals surface area (Å²) in [6, 6.07) is 17.4. The molecule has 1 aliphatic carbocycles. The maximum Gasteiger partial charge on any atom is 0.326 e. The lowest BCUT2D eigenvalue weighted by molar-refractivity contribution is 0.0136. The number of hydrogen-bond donors (Lipinski definition) is 1. The molecule has 3 aromatic rings. The number of carbonyl (C=O) groups is 1. The van der Waals surface area contributed by atoms with Gasteiger partial charge in [0.2, 0.25) is 0 Å². The van der Waals surface area contributed by atoms with Gasteiger partial charge in [0.05, 0.1) is 26.4 Å². The number of ether oxygens (including phenoxy) is 3. The number of carbonyl (C=O) groups excluding carboxylic acids is 1. The van der Waals surface area contributed by atoms with Crippen LogP contribution in [0.2, 0.25) is 0 Å². The van der Waals surface area contributed by atoms with Crippen molar-refractivity contribution in [3.63, 3.8) is 0 Å². The summed E-state index contributed by atoms with van der Waals surface area (Å²) in [5, 5.41) is 2.81. The monoisotopic (exact) mass is 477 g/mol. The first-order chi connectivity index (χ1) is 17.3. The Morgan fingerprint density at radius 2 is 1.40 bits per heavy atom. The van der Waals surface area contributed by atoms with Crippen molar-refractivity contribution >= 4 is 6.03 Å². The number of imidazole rings is 1. The van der Waals surface area contributed by atoms with Crippen molar-refractivity contribution in [2.45, 2.75) is 31.6 Å². The van der Waals surface area contributed by atoms with Crippen LogP contribution in [0.3, 0.4) is 0 Å². The lowest BCUT2D eigenvalue weighted by Crippen LogP contribution is -2.29. The van der Waals surface area contributed by atoms with E-state index in [4.69, 9.17) is 14.2 Å². The zero-order valence-electron chi connectivity index (χ0n) is 20.2. The minimum Gasteiger partial charge on any atom is -0.379 e. The molecule has 7 nitrogen and oxygen atoms in total. The highest BCUT2D eigenvalue weighted by Crippen LogP contribution is 2.46. The summed E-state index contributed by atoms with van der Waals surface area (Å²) in [4.78, 5) is 15.6. The Morgan fingerprint density at radius 1 is 0.800 bits per heavy atom. The van der Waals surface area contributed by atoms with Crippen molar-refractivity contribution in [1.29, 1.82) is 0 Å². The van der Waals surface area contributed by atoms with E-state index in [0.29, 0.717) is 45.5 Å². The molecule has 1 aromatic heterocycles. The summed E-state index contributed by atoms with van der Waals surface area (Å²) in [7, 11) is 0. The molecule has 0 bridgehead atoms. The number of nitrogens with one attached hydrogen (secondary N) is 1. The fourth-order valence-electron chi connectivity index (χ4n) is 4.51. The number of fused-ring (bicyclic) bond motifs is 3. The van der Waals surface area contributed by atoms with Crippen LogP contribution in [0.25, 0.3) is 11.1 Å². The second kappa shape index (κ2) is 13.8. The van der Waals surface area contributed by atoms with Crippen LogP contribution in [-0.2, 0) is 14.2 Å². The van der Waals surface area contributed by atoms with Gasteiger partial charge in [-0.15, -0.1) is 0 Å². The fraction of sp³-hybridized carbons (Fsp3) is 0.429. The second-order valence-corrected chi connectivity index (χ2v) is 8.62. The van der Waals surface area contributed by atoms with Gasteiger partial charge in [0.1, 0.15) is 6.33 Å². The number of aromatic nitrogens is 2. The Morgan fingerprint density at radius 3 is 2.03 bits per heavy atom. The van der Waals surface area contributed by atoms with Gasteiger partial charge in [-0.25, -0.2) is 9.78 Å². The first-order valence-electron chi connectivity index (χ1n) is 12.5. The number of hydrogen-bond acceptors (Lipinski definition) is 5. The van der Waals surface area contributed by atoms with Gasteiger partial charge < -0.3 is 19.5 Å². The molecule has 0 unspecified atom stereocenters. The molecule has 0 saturated carbocycles. The van der Waals surface area contributed by atoms with Gasteiger partial charge in [-0.3, -0.25) is 4.57 Å². The highest BCUT2D eigenvalue weighted by molar-refractivity contribution is 5.78. The number of unbranched alkanes of at least 4 members (excludes halogenated alkanes) is 1. The average Bonchev–Trinajstić information content (AvgIpc) is 3.54. The largest absolute Gasteiger partial charge is 0.379 e. The predicted molar refractivity (Wildman–Crippen MR) is 136 cm³/mol. The summed E-state index contributed by atoms with van der Waals surface area (Å²) >= 11 is 0. The quantitative estimate of drug-likeness (QED) is 0.316. The van der Waals surface area contributed by atoms with Gasteiger partial charge in [0, 0.05) is 38.1 Å². The summed E-state index contributed by atoms with van der Waals surface area (Å²) in [5.74, 6) is 0.499. The van der Waals surface area contributed by atoms with Crippen molar-refractivity contribution in [2.75, 3.05) is 46.2 Å². The van der Waals surface area contributed by atoms with Crippen molar-refractivity contribution in [2.24, 2.45) is 0 Å². The van der Waals surface area contributed by atoms with Crippen LogP contribution in [-0.4, -0.2) is 61.8 Å². The molecule has 1 amide bonds. The van der Waals surface area contributed by atoms with Crippen LogP contribution in [0.5, 0.6) is 0 Å². The standard InChI is InChI=1S/C28H35N3O4/c32-28(31-15-14-29-22-31)30-13-7-17-34-19-21-35-20-18-33-16-6-5-12-27-25-10-3-1-8-23(25)24-9-2-4-11-26(24)27/h1-4,8-11,14-15,22,27H,5-7,12-13,16-21H2,(H,30,32). The van der Waals surface area contributed by atoms with Crippen LogP contribution in [0.4, 0.5) is 4.79 Å². The van der Waals surface area contributed by atoms with E-state index in [2.05, 4.69) is 58.8 Å². The molecule has 0 fully saturated rings. The lowest BCUT2D eigenvalue weighted by atomic mass is 9.92. The number of nitrogens with zero attached hydrogens (tertiary/aromatic N) is 2. The fourth-order valence-corrected chi connectivity index (χ4v) is 4.51. The zero-order chi connectivity index (χ0) is 24.1. The van der Waals surface area contributed by atoms with E-state index in [-0.39, 0.29) is 6.03 Å². The number of benzene rings is 2. The first kappa shape index (κ1) is 25.1. The number of amides is 1. The molecule has 0 spiro atoms. The smallest absolute Gasteiger partial charge is 0.326 e. The summed E-state index contributed by atoms with van der Waals surface area (Å²) in [6.07, 6.45) is 8.76. The van der Waals surface area contributed by atoms with Gasteiger partial charge in [-0.2, -0.15) is 0 Å². The Labute approximate surface area is 207 Å². The third-order valence-electron chi connectivity index (χ3n) is 6.22. The minimum absolute atomic E-state index is 0.181. The highest BCUT2D eigenvalue weighted by Gasteiger charge is 2.27. The topological polar surface area (TPSA) is 74.6 Å². The maximum atomic E-state index is 11.7. The predicted octanol–water partition coefficient (Wildman–Crippen LogP) is 4.86. The van der Waals surface area contributed by atoms with E-state index in [1.165, 1.54) is 33.1 Å². The number of rotatable bonds is 15. The molecule has 7 heteroatoms. The zero-order valence-corrected chi connectivity index (χ0v) is 20.2. The summed E-state index contributed by atoms with van der Waals surface area (Å²) in [6.45, 7) is 4.18. The molecule has 0 saturated heterocycles. The van der Waals surface area contributed by atoms with Gasteiger partial charge >= 0.3 is 6.03 Å². The van der Waals surface area contributed by atoms with E-state index < -0.39 is 0 Å². The van der Waals surface area contributed by atoms with E-state index >= 15 is 0 Å². The van der Waals surface area contributed by atoms with Gasteiger partial charge in [-0.05, 0) is 41.5 Å². The molecule has 0 radical (unpaired) electrons. The minimum atomic E-state index is -0.181. The molecule has 1 N–H and O–H groups in total. The van der Waals surface area contributed by atoms with Crippen LogP contribution in [0, 0.1) is 0 Å². The first-order valence-corrected chi connectivity index (χ1v) is 12.5. The van der Waals surface area contributed by atoms with Gasteiger partial charge in [0.25, 0.3) is 0 Å². The van der Waals surface area contributed by atoms with Gasteiger partial charge in [-0.1, -0.05) is 55.0 Å². The Balaban J connectivity index is 0.963. The van der Waals surface area contributed by atoms with Crippen molar-refractivity contribution in [1.82, 2.24) is 14.9 Å². The van der Waals surface area contributed by atoms with Crippen molar-refractivity contribution < 1.29 is 19.0 Å².